The highest BCUT2D eigenvalue weighted by molar-refractivity contribution is 5.87. The Morgan fingerprint density at radius 2 is 1.69 bits per heavy atom. The summed E-state index contributed by atoms with van der Waals surface area (Å²) in [5.41, 5.74) is 3.09. The van der Waals surface area contributed by atoms with Crippen molar-refractivity contribution in [1.82, 2.24) is 4.98 Å². The third-order valence-corrected chi connectivity index (χ3v) is 3.65. The van der Waals surface area contributed by atoms with Crippen LogP contribution in [-0.2, 0) is 11.3 Å². The van der Waals surface area contributed by atoms with E-state index in [1.165, 1.54) is 12.3 Å². The number of nitrogens with zero attached hydrogens (tertiary/aromatic N) is 1. The molecule has 1 amide bonds. The molecule has 0 saturated carbocycles. The van der Waals surface area contributed by atoms with Crippen molar-refractivity contribution in [3.05, 3.63) is 84.1 Å². The fourth-order valence-electron chi connectivity index (χ4n) is 2.29. The van der Waals surface area contributed by atoms with Gasteiger partial charge in [0.1, 0.15) is 6.61 Å². The number of carbonyl (C=O) groups excluding carboxylic acids is 1. The van der Waals surface area contributed by atoms with Crippen molar-refractivity contribution in [2.45, 2.75) is 6.61 Å². The van der Waals surface area contributed by atoms with Gasteiger partial charge in [-0.25, -0.2) is 9.59 Å². The summed E-state index contributed by atoms with van der Waals surface area (Å²) in [4.78, 5) is 26.8. The van der Waals surface area contributed by atoms with Gasteiger partial charge in [-0.2, -0.15) is 0 Å². The summed E-state index contributed by atoms with van der Waals surface area (Å²) in [5, 5.41) is 11.5. The molecule has 1 heterocycles. The molecule has 2 N–H and O–H groups in total. The number of carboxylic acid groups (broad SMARTS) is 1. The van der Waals surface area contributed by atoms with Gasteiger partial charge in [-0.1, -0.05) is 42.5 Å². The van der Waals surface area contributed by atoms with Gasteiger partial charge in [-0.15, -0.1) is 0 Å². The third-order valence-electron chi connectivity index (χ3n) is 3.65. The van der Waals surface area contributed by atoms with Crippen LogP contribution in [0.25, 0.3) is 11.3 Å². The van der Waals surface area contributed by atoms with Crippen LogP contribution in [0.1, 0.15) is 15.9 Å². The van der Waals surface area contributed by atoms with Crippen LogP contribution in [-0.4, -0.2) is 22.2 Å². The molecule has 3 rings (SSSR count). The maximum Gasteiger partial charge on any atom is 0.411 e. The standard InChI is InChI=1S/C20H16N2O4/c23-19(24)16-8-11-18(21-12-16)15-6-9-17(10-7-15)22-20(25)26-13-14-4-2-1-3-5-14/h1-12H,13H2,(H,22,25)(H,23,24). The van der Waals surface area contributed by atoms with Crippen molar-refractivity contribution < 1.29 is 19.4 Å². The molecule has 0 bridgehead atoms. The predicted molar refractivity (Wildman–Crippen MR) is 96.9 cm³/mol. The molecule has 0 radical (unpaired) electrons. The second-order valence-corrected chi connectivity index (χ2v) is 5.50. The zero-order valence-corrected chi connectivity index (χ0v) is 13.8. The van der Waals surface area contributed by atoms with Crippen molar-refractivity contribution in [3.8, 4) is 11.3 Å². The Bertz CT molecular complexity index is 891. The third kappa shape index (κ3) is 4.45. The molecular weight excluding hydrogens is 332 g/mol. The Kier molecular flexibility index (Phi) is 5.24. The van der Waals surface area contributed by atoms with Crippen molar-refractivity contribution in [3.63, 3.8) is 0 Å². The lowest BCUT2D eigenvalue weighted by molar-refractivity contribution is 0.0696. The highest BCUT2D eigenvalue weighted by Gasteiger charge is 2.06. The first-order valence-corrected chi connectivity index (χ1v) is 7.89. The summed E-state index contributed by atoms with van der Waals surface area (Å²) < 4.78 is 5.16. The quantitative estimate of drug-likeness (QED) is 0.721. The number of rotatable bonds is 5. The van der Waals surface area contributed by atoms with Crippen LogP contribution < -0.4 is 5.32 Å². The van der Waals surface area contributed by atoms with Gasteiger partial charge < -0.3 is 9.84 Å². The van der Waals surface area contributed by atoms with Crippen molar-refractivity contribution in [2.75, 3.05) is 5.32 Å². The van der Waals surface area contributed by atoms with Crippen LogP contribution in [0.4, 0.5) is 10.5 Å². The van der Waals surface area contributed by atoms with Gasteiger partial charge in [0.15, 0.2) is 0 Å². The van der Waals surface area contributed by atoms with Crippen LogP contribution in [0.2, 0.25) is 0 Å². The summed E-state index contributed by atoms with van der Waals surface area (Å²) in [6.45, 7) is 0.199. The van der Waals surface area contributed by atoms with E-state index in [0.717, 1.165) is 11.1 Å². The summed E-state index contributed by atoms with van der Waals surface area (Å²) in [5.74, 6) is -1.02. The lowest BCUT2D eigenvalue weighted by Gasteiger charge is -2.08. The van der Waals surface area contributed by atoms with Gasteiger partial charge in [0.05, 0.1) is 11.3 Å². The van der Waals surface area contributed by atoms with E-state index in [-0.39, 0.29) is 12.2 Å². The molecule has 6 nitrogen and oxygen atoms in total. The van der Waals surface area contributed by atoms with E-state index in [0.29, 0.717) is 11.4 Å². The number of benzene rings is 2. The molecule has 0 aliphatic heterocycles. The molecule has 0 aliphatic rings. The fourth-order valence-corrected chi connectivity index (χ4v) is 2.29. The number of ether oxygens (including phenoxy) is 1. The molecule has 130 valence electrons. The van der Waals surface area contributed by atoms with Crippen LogP contribution in [0.3, 0.4) is 0 Å². The minimum absolute atomic E-state index is 0.133. The van der Waals surface area contributed by atoms with Gasteiger partial charge in [-0.3, -0.25) is 10.3 Å². The number of nitrogens with one attached hydrogen (secondary N) is 1. The van der Waals surface area contributed by atoms with Gasteiger partial charge >= 0.3 is 12.1 Å². The fraction of sp³-hybridized carbons (Fsp3) is 0.0500. The van der Waals surface area contributed by atoms with Gasteiger partial charge in [-0.05, 0) is 29.8 Å². The Hall–Kier alpha value is -3.67. The van der Waals surface area contributed by atoms with Gasteiger partial charge in [0.25, 0.3) is 0 Å². The number of pyridine rings is 1. The Morgan fingerprint density at radius 3 is 2.31 bits per heavy atom. The van der Waals surface area contributed by atoms with Gasteiger partial charge in [0.2, 0.25) is 0 Å². The number of amides is 1. The Morgan fingerprint density at radius 1 is 0.962 bits per heavy atom. The molecule has 2 aromatic carbocycles. The number of hydrogen-bond acceptors (Lipinski definition) is 4. The maximum atomic E-state index is 11.8. The first-order chi connectivity index (χ1) is 12.6. The molecular formula is C20H16N2O4. The van der Waals surface area contributed by atoms with E-state index in [4.69, 9.17) is 9.84 Å². The molecule has 0 atom stereocenters. The molecule has 26 heavy (non-hydrogen) atoms. The summed E-state index contributed by atoms with van der Waals surface area (Å²) in [6, 6.07) is 19.6. The molecule has 0 saturated heterocycles. The Balaban J connectivity index is 1.58. The van der Waals surface area contributed by atoms with Crippen LogP contribution in [0, 0.1) is 0 Å². The topological polar surface area (TPSA) is 88.5 Å². The number of carboxylic acids is 1. The van der Waals surface area contributed by atoms with E-state index in [9.17, 15) is 9.59 Å². The summed E-state index contributed by atoms with van der Waals surface area (Å²) in [7, 11) is 0. The minimum Gasteiger partial charge on any atom is -0.478 e. The number of hydrogen-bond donors (Lipinski definition) is 2. The zero-order chi connectivity index (χ0) is 18.4. The van der Waals surface area contributed by atoms with Crippen LogP contribution in [0.5, 0.6) is 0 Å². The lowest BCUT2D eigenvalue weighted by Crippen LogP contribution is -2.13. The summed E-state index contributed by atoms with van der Waals surface area (Å²) >= 11 is 0. The summed E-state index contributed by atoms with van der Waals surface area (Å²) in [6.07, 6.45) is 0.774. The van der Waals surface area contributed by atoms with E-state index in [1.54, 1.807) is 30.3 Å². The zero-order valence-electron chi connectivity index (χ0n) is 13.8. The van der Waals surface area contributed by atoms with E-state index >= 15 is 0 Å². The van der Waals surface area contributed by atoms with Gasteiger partial charge in [0, 0.05) is 17.4 Å². The maximum absolute atomic E-state index is 11.8. The molecule has 0 fully saturated rings. The molecule has 0 unspecified atom stereocenters. The lowest BCUT2D eigenvalue weighted by atomic mass is 10.1. The number of carbonyl (C=O) groups is 2. The smallest absolute Gasteiger partial charge is 0.411 e. The van der Waals surface area contributed by atoms with Crippen molar-refractivity contribution in [2.24, 2.45) is 0 Å². The van der Waals surface area contributed by atoms with Crippen molar-refractivity contribution >= 4 is 17.7 Å². The van der Waals surface area contributed by atoms with E-state index < -0.39 is 12.1 Å². The molecule has 6 heteroatoms. The molecule has 0 spiro atoms. The number of aromatic nitrogens is 1. The van der Waals surface area contributed by atoms with Crippen molar-refractivity contribution in [1.29, 1.82) is 0 Å². The first kappa shape index (κ1) is 17.2. The molecule has 3 aromatic rings. The second-order valence-electron chi connectivity index (χ2n) is 5.50. The minimum atomic E-state index is -1.02. The normalized spacial score (nSPS) is 10.2. The highest BCUT2D eigenvalue weighted by Crippen LogP contribution is 2.20. The Labute approximate surface area is 150 Å². The van der Waals surface area contributed by atoms with E-state index in [1.807, 2.05) is 30.3 Å². The monoisotopic (exact) mass is 348 g/mol. The van der Waals surface area contributed by atoms with Crippen LogP contribution in [0.15, 0.2) is 72.9 Å². The first-order valence-electron chi connectivity index (χ1n) is 7.89. The molecule has 0 aliphatic carbocycles. The number of anilines is 1. The predicted octanol–water partition coefficient (Wildman–Crippen LogP) is 4.20. The average Bonchev–Trinajstić information content (AvgIpc) is 2.68. The largest absolute Gasteiger partial charge is 0.478 e. The van der Waals surface area contributed by atoms with E-state index in [2.05, 4.69) is 10.3 Å². The number of aromatic carboxylic acids is 1. The highest BCUT2D eigenvalue weighted by atomic mass is 16.5. The average molecular weight is 348 g/mol. The SMILES string of the molecule is O=C(Nc1ccc(-c2ccc(C(=O)O)cn2)cc1)OCc1ccccc1. The van der Waals surface area contributed by atoms with Crippen LogP contribution >= 0.6 is 0 Å². The second kappa shape index (κ2) is 7.94. The molecule has 1 aromatic heterocycles.